The standard InChI is InChI=1S/C31H17N3S2/c1-2-8-19-17-33-20(13-18(19)7-1)14-29(32-33)34-25-15-23-21-9-3-5-11-26(21)35-28(23)16-24(25)30-22-10-4-6-12-27(22)36-31(30)34/h1-17H. The first-order valence-corrected chi connectivity index (χ1v) is 13.6. The van der Waals surface area contributed by atoms with Crippen LogP contribution in [-0.4, -0.2) is 14.2 Å². The molecule has 0 saturated heterocycles. The van der Waals surface area contributed by atoms with E-state index in [1.165, 1.54) is 62.2 Å². The largest absolute Gasteiger partial charge is 0.283 e. The van der Waals surface area contributed by atoms with Gasteiger partial charge in [0.2, 0.25) is 0 Å². The maximum absolute atomic E-state index is 5.09. The molecule has 0 spiro atoms. The second-order valence-corrected chi connectivity index (χ2v) is 11.5. The molecular weight excluding hydrogens is 478 g/mol. The van der Waals surface area contributed by atoms with Gasteiger partial charge in [-0.05, 0) is 35.7 Å². The van der Waals surface area contributed by atoms with E-state index >= 15 is 0 Å². The summed E-state index contributed by atoms with van der Waals surface area (Å²) in [6.07, 6.45) is 2.13. The molecule has 0 saturated carbocycles. The first-order chi connectivity index (χ1) is 17.8. The Balaban J connectivity index is 1.46. The zero-order valence-electron chi connectivity index (χ0n) is 19.0. The van der Waals surface area contributed by atoms with Crippen molar-refractivity contribution < 1.29 is 0 Å². The zero-order chi connectivity index (χ0) is 23.4. The highest BCUT2D eigenvalue weighted by Gasteiger charge is 2.21. The molecule has 5 heterocycles. The van der Waals surface area contributed by atoms with Gasteiger partial charge in [0.25, 0.3) is 0 Å². The van der Waals surface area contributed by atoms with Crippen molar-refractivity contribution in [3.63, 3.8) is 0 Å². The van der Waals surface area contributed by atoms with Crippen molar-refractivity contribution in [2.45, 2.75) is 0 Å². The van der Waals surface area contributed by atoms with Crippen LogP contribution in [0.2, 0.25) is 0 Å². The molecule has 168 valence electrons. The summed E-state index contributed by atoms with van der Waals surface area (Å²) in [5, 5.41) is 14.1. The molecule has 5 aromatic heterocycles. The highest BCUT2D eigenvalue weighted by atomic mass is 32.1. The lowest BCUT2D eigenvalue weighted by molar-refractivity contribution is 0.929. The summed E-state index contributed by atoms with van der Waals surface area (Å²) in [4.78, 5) is 1.25. The summed E-state index contributed by atoms with van der Waals surface area (Å²) in [7, 11) is 0. The molecule has 0 aliphatic carbocycles. The Morgan fingerprint density at radius 2 is 1.33 bits per heavy atom. The summed E-state index contributed by atoms with van der Waals surface area (Å²) < 4.78 is 8.36. The average molecular weight is 496 g/mol. The van der Waals surface area contributed by atoms with E-state index in [1.54, 1.807) is 0 Å². The van der Waals surface area contributed by atoms with Crippen molar-refractivity contribution in [2.75, 3.05) is 0 Å². The number of pyridine rings is 1. The van der Waals surface area contributed by atoms with Crippen LogP contribution in [0, 0.1) is 0 Å². The van der Waals surface area contributed by atoms with Gasteiger partial charge in [0.05, 0.1) is 11.0 Å². The fraction of sp³-hybridized carbons (Fsp3) is 0. The number of thiophene rings is 2. The molecule has 0 fully saturated rings. The summed E-state index contributed by atoms with van der Waals surface area (Å²) in [6.45, 7) is 0. The van der Waals surface area contributed by atoms with E-state index in [0.29, 0.717) is 0 Å². The first-order valence-electron chi connectivity index (χ1n) is 12.0. The van der Waals surface area contributed by atoms with E-state index in [9.17, 15) is 0 Å². The Bertz CT molecular complexity index is 2270. The predicted octanol–water partition coefficient (Wildman–Crippen LogP) is 9.17. The normalized spacial score (nSPS) is 12.4. The van der Waals surface area contributed by atoms with Crippen LogP contribution < -0.4 is 0 Å². The van der Waals surface area contributed by atoms with Crippen LogP contribution in [0.15, 0.2) is 103 Å². The second kappa shape index (κ2) is 6.72. The summed E-state index contributed by atoms with van der Waals surface area (Å²) in [6, 6.07) is 35.2. The molecule has 0 radical (unpaired) electrons. The molecule has 9 aromatic rings. The summed E-state index contributed by atoms with van der Waals surface area (Å²) in [5.41, 5.74) is 2.31. The first kappa shape index (κ1) is 19.1. The van der Waals surface area contributed by atoms with Crippen molar-refractivity contribution >= 4 is 90.3 Å². The molecule has 0 bridgehead atoms. The van der Waals surface area contributed by atoms with E-state index in [-0.39, 0.29) is 0 Å². The van der Waals surface area contributed by atoms with Crippen LogP contribution in [0.25, 0.3) is 73.5 Å². The lowest BCUT2D eigenvalue weighted by Crippen LogP contribution is -1.94. The van der Waals surface area contributed by atoms with E-state index < -0.39 is 0 Å². The molecule has 0 aliphatic rings. The monoisotopic (exact) mass is 495 g/mol. The molecule has 0 N–H and O–H groups in total. The molecule has 9 rings (SSSR count). The van der Waals surface area contributed by atoms with Crippen LogP contribution in [0.3, 0.4) is 0 Å². The van der Waals surface area contributed by atoms with Gasteiger partial charge in [-0.3, -0.25) is 4.57 Å². The molecule has 36 heavy (non-hydrogen) atoms. The van der Waals surface area contributed by atoms with Gasteiger partial charge in [0.15, 0.2) is 5.82 Å². The van der Waals surface area contributed by atoms with Crippen molar-refractivity contribution in [2.24, 2.45) is 0 Å². The number of rotatable bonds is 1. The smallest absolute Gasteiger partial charge is 0.161 e. The summed E-state index contributed by atoms with van der Waals surface area (Å²) >= 11 is 3.73. The molecule has 4 aromatic carbocycles. The second-order valence-electron chi connectivity index (χ2n) is 9.35. The number of nitrogens with zero attached hydrogens (tertiary/aromatic N) is 3. The van der Waals surface area contributed by atoms with E-state index in [2.05, 4.69) is 108 Å². The lowest BCUT2D eigenvalue weighted by atomic mass is 10.1. The van der Waals surface area contributed by atoms with Crippen LogP contribution in [0.4, 0.5) is 0 Å². The quantitative estimate of drug-likeness (QED) is 0.222. The number of hydrogen-bond acceptors (Lipinski definition) is 3. The van der Waals surface area contributed by atoms with E-state index in [0.717, 1.165) is 11.3 Å². The van der Waals surface area contributed by atoms with Gasteiger partial charge in [0, 0.05) is 58.7 Å². The molecule has 0 unspecified atom stereocenters. The Morgan fingerprint density at radius 1 is 0.583 bits per heavy atom. The minimum absolute atomic E-state index is 0.954. The highest BCUT2D eigenvalue weighted by Crippen LogP contribution is 2.45. The molecule has 0 aliphatic heterocycles. The Hall–Kier alpha value is -4.19. The minimum Gasteiger partial charge on any atom is -0.283 e. The third kappa shape index (κ3) is 2.43. The molecule has 5 heteroatoms. The number of benzene rings is 4. The van der Waals surface area contributed by atoms with Crippen molar-refractivity contribution in [3.8, 4) is 5.82 Å². The van der Waals surface area contributed by atoms with Gasteiger partial charge < -0.3 is 0 Å². The third-order valence-corrected chi connectivity index (χ3v) is 9.62. The van der Waals surface area contributed by atoms with Crippen LogP contribution in [0.5, 0.6) is 0 Å². The maximum Gasteiger partial charge on any atom is 0.161 e. The van der Waals surface area contributed by atoms with Crippen LogP contribution >= 0.6 is 22.7 Å². The number of fused-ring (bicyclic) bond motifs is 10. The van der Waals surface area contributed by atoms with E-state index in [4.69, 9.17) is 5.10 Å². The zero-order valence-corrected chi connectivity index (χ0v) is 20.6. The number of hydrogen-bond donors (Lipinski definition) is 0. The predicted molar refractivity (Wildman–Crippen MR) is 155 cm³/mol. The van der Waals surface area contributed by atoms with Gasteiger partial charge in [-0.1, -0.05) is 60.7 Å². The minimum atomic E-state index is 0.954. The van der Waals surface area contributed by atoms with Gasteiger partial charge in [-0.25, -0.2) is 4.52 Å². The Labute approximate surface area is 213 Å². The SMILES string of the molecule is c1ccc2cn3nc(-n4c5cc6c(cc5c5c7ccccc7sc54)sc4ccccc46)cc3cc2c1. The van der Waals surface area contributed by atoms with Gasteiger partial charge in [-0.2, -0.15) is 0 Å². The van der Waals surface area contributed by atoms with Gasteiger partial charge in [-0.15, -0.1) is 27.8 Å². The molecular formula is C31H17N3S2. The van der Waals surface area contributed by atoms with Crippen molar-refractivity contribution in [1.29, 1.82) is 0 Å². The Morgan fingerprint density at radius 3 is 2.22 bits per heavy atom. The fourth-order valence-corrected chi connectivity index (χ4v) is 8.07. The fourth-order valence-electron chi connectivity index (χ4n) is 5.70. The number of aromatic nitrogens is 3. The lowest BCUT2D eigenvalue weighted by Gasteiger charge is -2.03. The molecule has 0 amide bonds. The third-order valence-electron chi connectivity index (χ3n) is 7.33. The van der Waals surface area contributed by atoms with Crippen LogP contribution in [0.1, 0.15) is 0 Å². The Kier molecular flexibility index (Phi) is 3.56. The van der Waals surface area contributed by atoms with Gasteiger partial charge in [0.1, 0.15) is 4.83 Å². The van der Waals surface area contributed by atoms with Crippen molar-refractivity contribution in [1.82, 2.24) is 14.2 Å². The maximum atomic E-state index is 5.09. The van der Waals surface area contributed by atoms with Gasteiger partial charge >= 0.3 is 0 Å². The molecule has 0 atom stereocenters. The topological polar surface area (TPSA) is 22.2 Å². The molecule has 3 nitrogen and oxygen atoms in total. The highest BCUT2D eigenvalue weighted by molar-refractivity contribution is 7.26. The van der Waals surface area contributed by atoms with Crippen LogP contribution in [-0.2, 0) is 0 Å². The average Bonchev–Trinajstić information content (AvgIpc) is 3.65. The summed E-state index contributed by atoms with van der Waals surface area (Å²) in [5.74, 6) is 0.954. The van der Waals surface area contributed by atoms with E-state index in [1.807, 2.05) is 27.2 Å². The van der Waals surface area contributed by atoms with Crippen molar-refractivity contribution in [3.05, 3.63) is 103 Å².